The first kappa shape index (κ1) is 14.6. The Morgan fingerprint density at radius 3 is 2.70 bits per heavy atom. The minimum absolute atomic E-state index is 0.0609. The molecule has 20 heavy (non-hydrogen) atoms. The molecule has 0 aliphatic rings. The molecule has 0 saturated carbocycles. The fourth-order valence-electron chi connectivity index (χ4n) is 1.50. The van der Waals surface area contributed by atoms with Crippen LogP contribution in [0.2, 0.25) is 0 Å². The summed E-state index contributed by atoms with van der Waals surface area (Å²) in [5.41, 5.74) is 1.23. The fourth-order valence-corrected chi connectivity index (χ4v) is 2.34. The second-order valence-electron chi connectivity index (χ2n) is 4.30. The van der Waals surface area contributed by atoms with Crippen molar-refractivity contribution in [2.45, 2.75) is 31.8 Å². The molecule has 1 aromatic heterocycles. The largest absolute Gasteiger partial charge is 0.457 e. The highest BCUT2D eigenvalue weighted by Gasteiger charge is 2.07. The zero-order valence-corrected chi connectivity index (χ0v) is 12.3. The number of hydrogen-bond acceptors (Lipinski definition) is 6. The van der Waals surface area contributed by atoms with Crippen LogP contribution in [0.3, 0.4) is 0 Å². The monoisotopic (exact) mass is 292 g/mol. The van der Waals surface area contributed by atoms with E-state index in [4.69, 9.17) is 9.26 Å². The summed E-state index contributed by atoms with van der Waals surface area (Å²) in [6.45, 7) is 3.80. The molecule has 0 bridgehead atoms. The van der Waals surface area contributed by atoms with Crippen molar-refractivity contribution in [3.05, 3.63) is 41.5 Å². The maximum atomic E-state index is 11.5. The first-order chi connectivity index (χ1) is 9.63. The van der Waals surface area contributed by atoms with Crippen molar-refractivity contribution in [1.82, 2.24) is 10.1 Å². The Kier molecular flexibility index (Phi) is 5.17. The summed E-state index contributed by atoms with van der Waals surface area (Å²) in [5.74, 6) is 1.28. The van der Waals surface area contributed by atoms with Gasteiger partial charge in [-0.1, -0.05) is 22.9 Å². The van der Waals surface area contributed by atoms with Crippen LogP contribution in [0.15, 0.2) is 33.7 Å². The summed E-state index contributed by atoms with van der Waals surface area (Å²) in [6.07, 6.45) is 0.357. The molecule has 0 aliphatic heterocycles. The molecule has 106 valence electrons. The number of ether oxygens (including phenoxy) is 1. The molecule has 0 unspecified atom stereocenters. The highest BCUT2D eigenvalue weighted by molar-refractivity contribution is 7.99. The number of hydrogen-bond donors (Lipinski definition) is 0. The summed E-state index contributed by atoms with van der Waals surface area (Å²) in [7, 11) is 0. The van der Waals surface area contributed by atoms with Crippen LogP contribution in [0, 0.1) is 13.8 Å². The van der Waals surface area contributed by atoms with Gasteiger partial charge in [0.25, 0.3) is 0 Å². The molecule has 2 aromatic rings. The quantitative estimate of drug-likeness (QED) is 0.602. The molecule has 0 saturated heterocycles. The van der Waals surface area contributed by atoms with Gasteiger partial charge in [0.2, 0.25) is 11.7 Å². The summed E-state index contributed by atoms with van der Waals surface area (Å²) < 4.78 is 9.85. The van der Waals surface area contributed by atoms with Gasteiger partial charge < -0.3 is 9.26 Å². The van der Waals surface area contributed by atoms with E-state index < -0.39 is 0 Å². The molecule has 6 heteroatoms. The average molecular weight is 292 g/mol. The Labute approximate surface area is 121 Å². The minimum atomic E-state index is -0.257. The molecular formula is C14H16N2O3S. The van der Waals surface area contributed by atoms with Crippen LogP contribution in [0.1, 0.15) is 23.7 Å². The predicted octanol–water partition coefficient (Wildman–Crippen LogP) is 2.91. The van der Waals surface area contributed by atoms with E-state index in [1.807, 2.05) is 19.1 Å². The molecule has 1 aromatic carbocycles. The first-order valence-electron chi connectivity index (χ1n) is 6.28. The first-order valence-corrected chi connectivity index (χ1v) is 7.26. The highest BCUT2D eigenvalue weighted by atomic mass is 32.2. The van der Waals surface area contributed by atoms with E-state index in [9.17, 15) is 4.79 Å². The molecule has 0 spiro atoms. The van der Waals surface area contributed by atoms with Crippen molar-refractivity contribution in [2.24, 2.45) is 0 Å². The number of esters is 1. The van der Waals surface area contributed by atoms with Crippen LogP contribution in [0.4, 0.5) is 0 Å². The van der Waals surface area contributed by atoms with E-state index in [2.05, 4.69) is 22.3 Å². The summed E-state index contributed by atoms with van der Waals surface area (Å²) in [5, 5.41) is 3.66. The third kappa shape index (κ3) is 4.70. The Bertz CT molecular complexity index is 566. The smallest absolute Gasteiger partial charge is 0.307 e. The number of aryl methyl sites for hydroxylation is 2. The molecule has 0 radical (unpaired) electrons. The van der Waals surface area contributed by atoms with E-state index in [-0.39, 0.29) is 12.6 Å². The lowest BCUT2D eigenvalue weighted by Crippen LogP contribution is -2.06. The third-order valence-corrected chi connectivity index (χ3v) is 3.54. The second-order valence-corrected chi connectivity index (χ2v) is 5.47. The van der Waals surface area contributed by atoms with Crippen molar-refractivity contribution in [3.63, 3.8) is 0 Å². The molecule has 0 amide bonds. The van der Waals surface area contributed by atoms with Gasteiger partial charge in [0.1, 0.15) is 0 Å². The van der Waals surface area contributed by atoms with Crippen LogP contribution in [0.25, 0.3) is 0 Å². The van der Waals surface area contributed by atoms with E-state index in [1.165, 1.54) is 5.56 Å². The molecule has 0 atom stereocenters. The summed E-state index contributed by atoms with van der Waals surface area (Å²) >= 11 is 1.63. The lowest BCUT2D eigenvalue weighted by Gasteiger charge is -2.03. The Hall–Kier alpha value is -1.82. The van der Waals surface area contributed by atoms with Gasteiger partial charge in [-0.3, -0.25) is 4.79 Å². The van der Waals surface area contributed by atoms with E-state index in [0.717, 1.165) is 4.90 Å². The SMILES string of the molecule is Cc1ccc(SCCC(=O)OCc2noc(C)n2)cc1. The van der Waals surface area contributed by atoms with Gasteiger partial charge >= 0.3 is 5.97 Å². The Morgan fingerprint density at radius 1 is 1.30 bits per heavy atom. The van der Waals surface area contributed by atoms with Gasteiger partial charge in [0.05, 0.1) is 6.42 Å². The number of thioether (sulfide) groups is 1. The molecule has 5 nitrogen and oxygen atoms in total. The van der Waals surface area contributed by atoms with Crippen LogP contribution in [0.5, 0.6) is 0 Å². The number of carbonyl (C=O) groups excluding carboxylic acids is 1. The van der Waals surface area contributed by atoms with Crippen molar-refractivity contribution in [2.75, 3.05) is 5.75 Å². The van der Waals surface area contributed by atoms with E-state index in [1.54, 1.807) is 18.7 Å². The average Bonchev–Trinajstić information content (AvgIpc) is 2.85. The summed E-state index contributed by atoms with van der Waals surface area (Å²) in [4.78, 5) is 16.7. The van der Waals surface area contributed by atoms with Gasteiger partial charge in [0, 0.05) is 17.6 Å². The molecular weight excluding hydrogens is 276 g/mol. The fraction of sp³-hybridized carbons (Fsp3) is 0.357. The molecule has 1 heterocycles. The lowest BCUT2D eigenvalue weighted by molar-refractivity contribution is -0.144. The maximum Gasteiger partial charge on any atom is 0.307 e. The van der Waals surface area contributed by atoms with Crippen molar-refractivity contribution >= 4 is 17.7 Å². The zero-order valence-electron chi connectivity index (χ0n) is 11.5. The van der Waals surface area contributed by atoms with Crippen molar-refractivity contribution in [1.29, 1.82) is 0 Å². The Morgan fingerprint density at radius 2 is 2.05 bits per heavy atom. The van der Waals surface area contributed by atoms with Gasteiger partial charge in [-0.25, -0.2) is 0 Å². The van der Waals surface area contributed by atoms with Gasteiger partial charge in [-0.05, 0) is 19.1 Å². The van der Waals surface area contributed by atoms with Gasteiger partial charge in [0.15, 0.2) is 6.61 Å². The van der Waals surface area contributed by atoms with Crippen LogP contribution in [-0.4, -0.2) is 21.9 Å². The maximum absolute atomic E-state index is 11.5. The second kappa shape index (κ2) is 7.09. The minimum Gasteiger partial charge on any atom is -0.457 e. The van der Waals surface area contributed by atoms with Crippen molar-refractivity contribution < 1.29 is 14.1 Å². The number of nitrogens with zero attached hydrogens (tertiary/aromatic N) is 2. The standard InChI is InChI=1S/C14H16N2O3S/c1-10-3-5-12(6-4-10)20-8-7-14(17)18-9-13-15-11(2)19-16-13/h3-6H,7-9H2,1-2H3. The molecule has 0 N–H and O–H groups in total. The molecule has 0 fully saturated rings. The number of carbonyl (C=O) groups is 1. The number of aromatic nitrogens is 2. The highest BCUT2D eigenvalue weighted by Crippen LogP contribution is 2.19. The van der Waals surface area contributed by atoms with E-state index in [0.29, 0.717) is 23.9 Å². The van der Waals surface area contributed by atoms with Crippen LogP contribution >= 0.6 is 11.8 Å². The summed E-state index contributed by atoms with van der Waals surface area (Å²) in [6, 6.07) is 8.21. The molecule has 0 aliphatic carbocycles. The topological polar surface area (TPSA) is 65.2 Å². The number of benzene rings is 1. The van der Waals surface area contributed by atoms with Crippen LogP contribution < -0.4 is 0 Å². The normalized spacial score (nSPS) is 10.5. The molecule has 2 rings (SSSR count). The predicted molar refractivity (Wildman–Crippen MR) is 75.4 cm³/mol. The Balaban J connectivity index is 1.66. The lowest BCUT2D eigenvalue weighted by atomic mass is 10.2. The van der Waals surface area contributed by atoms with Gasteiger partial charge in [-0.2, -0.15) is 4.98 Å². The van der Waals surface area contributed by atoms with Crippen LogP contribution in [-0.2, 0) is 16.1 Å². The van der Waals surface area contributed by atoms with Crippen molar-refractivity contribution in [3.8, 4) is 0 Å². The number of rotatable bonds is 6. The van der Waals surface area contributed by atoms with Gasteiger partial charge in [-0.15, -0.1) is 11.8 Å². The van der Waals surface area contributed by atoms with E-state index >= 15 is 0 Å². The third-order valence-electron chi connectivity index (χ3n) is 2.53. The zero-order chi connectivity index (χ0) is 14.4.